The summed E-state index contributed by atoms with van der Waals surface area (Å²) >= 11 is 1.82. The second kappa shape index (κ2) is 13.8. The van der Waals surface area contributed by atoms with Crippen molar-refractivity contribution < 1.29 is 0 Å². The minimum atomic E-state index is 0.497. The molecule has 0 aliphatic heterocycles. The third-order valence-electron chi connectivity index (χ3n) is 10.9. The molecule has 270 valence electrons. The first kappa shape index (κ1) is 33.6. The number of para-hydroxylation sites is 2. The number of benzene rings is 8. The summed E-state index contributed by atoms with van der Waals surface area (Å²) in [4.78, 5) is 15.5. The topological polar surface area (TPSA) is 67.4 Å². The summed E-state index contributed by atoms with van der Waals surface area (Å²) in [6.07, 6.45) is 0. The molecule has 3 heterocycles. The van der Waals surface area contributed by atoms with E-state index in [4.69, 9.17) is 15.0 Å². The number of nitriles is 1. The van der Waals surface area contributed by atoms with Crippen LogP contribution in [0.2, 0.25) is 0 Å². The summed E-state index contributed by atoms with van der Waals surface area (Å²) in [7, 11) is 0. The van der Waals surface area contributed by atoms with Crippen LogP contribution in [0.15, 0.2) is 188 Å². The monoisotopic (exact) mass is 757 g/mol. The van der Waals surface area contributed by atoms with E-state index in [2.05, 4.69) is 168 Å². The number of rotatable bonds is 6. The Balaban J connectivity index is 1.10. The molecule has 11 rings (SSSR count). The lowest BCUT2D eigenvalue weighted by atomic mass is 10.0. The Morgan fingerprint density at radius 2 is 0.948 bits per heavy atom. The smallest absolute Gasteiger partial charge is 0.166 e. The maximum Gasteiger partial charge on any atom is 0.166 e. The fourth-order valence-corrected chi connectivity index (χ4v) is 9.24. The van der Waals surface area contributed by atoms with Gasteiger partial charge in [0.15, 0.2) is 17.5 Å². The second-order valence-electron chi connectivity index (χ2n) is 14.4. The van der Waals surface area contributed by atoms with Crippen LogP contribution < -0.4 is 0 Å². The lowest BCUT2D eigenvalue weighted by molar-refractivity contribution is 1.06. The summed E-state index contributed by atoms with van der Waals surface area (Å²) in [6.45, 7) is 0. The molecular weight excluding hydrogens is 727 g/mol. The van der Waals surface area contributed by atoms with E-state index in [-0.39, 0.29) is 0 Å². The predicted octanol–water partition coefficient (Wildman–Crippen LogP) is 13.5. The Morgan fingerprint density at radius 1 is 0.397 bits per heavy atom. The van der Waals surface area contributed by atoms with E-state index in [1.54, 1.807) is 6.07 Å². The van der Waals surface area contributed by atoms with Gasteiger partial charge in [-0.25, -0.2) is 15.0 Å². The zero-order valence-electron chi connectivity index (χ0n) is 31.0. The lowest BCUT2D eigenvalue weighted by Crippen LogP contribution is -2.04. The minimum Gasteiger partial charge on any atom is -0.308 e. The molecule has 0 aliphatic rings. The summed E-state index contributed by atoms with van der Waals surface area (Å²) in [5.41, 5.74) is 10.6. The Hall–Kier alpha value is -7.72. The van der Waals surface area contributed by atoms with Crippen LogP contribution >= 0.6 is 11.3 Å². The average Bonchev–Trinajstić information content (AvgIpc) is 3.84. The highest BCUT2D eigenvalue weighted by Gasteiger charge is 2.20. The molecule has 0 amide bonds. The van der Waals surface area contributed by atoms with Crippen molar-refractivity contribution in [2.45, 2.75) is 0 Å². The highest BCUT2D eigenvalue weighted by Crippen LogP contribution is 2.39. The molecule has 0 fully saturated rings. The van der Waals surface area contributed by atoms with Crippen LogP contribution in [0.3, 0.4) is 0 Å². The van der Waals surface area contributed by atoms with Crippen molar-refractivity contribution in [3.63, 3.8) is 0 Å². The molecule has 5 nitrogen and oxygen atoms in total. The Bertz CT molecular complexity index is 3360. The average molecular weight is 758 g/mol. The highest BCUT2D eigenvalue weighted by molar-refractivity contribution is 7.25. The molecule has 0 bridgehead atoms. The van der Waals surface area contributed by atoms with Crippen molar-refractivity contribution in [2.24, 2.45) is 0 Å². The third kappa shape index (κ3) is 5.73. The van der Waals surface area contributed by atoms with Gasteiger partial charge in [0.05, 0.1) is 28.4 Å². The van der Waals surface area contributed by atoms with Crippen molar-refractivity contribution in [2.75, 3.05) is 0 Å². The standard InChI is InChI=1S/C52H31N5S/c53-32-33-11-10-14-39(29-33)51-54-50(36-23-21-35(22-24-36)38-25-27-43-42-17-6-9-20-48(42)58-49(43)31-38)55-52(56-51)44-28-26-37(34-12-2-1-3-13-34)30-47(44)57-45-18-7-4-15-40(45)41-16-5-8-19-46(41)57/h1-31H. The second-order valence-corrected chi connectivity index (χ2v) is 15.4. The molecule has 0 radical (unpaired) electrons. The van der Waals surface area contributed by atoms with Gasteiger partial charge in [0.25, 0.3) is 0 Å². The molecule has 6 heteroatoms. The van der Waals surface area contributed by atoms with Gasteiger partial charge in [0.1, 0.15) is 0 Å². The van der Waals surface area contributed by atoms with E-state index in [1.807, 2.05) is 35.6 Å². The van der Waals surface area contributed by atoms with Gasteiger partial charge in [0, 0.05) is 47.6 Å². The molecule has 11 aromatic rings. The zero-order chi connectivity index (χ0) is 38.6. The summed E-state index contributed by atoms with van der Waals surface area (Å²) < 4.78 is 4.89. The summed E-state index contributed by atoms with van der Waals surface area (Å²) in [6, 6.07) is 67.5. The summed E-state index contributed by atoms with van der Waals surface area (Å²) in [5, 5.41) is 14.7. The lowest BCUT2D eigenvalue weighted by Gasteiger charge is -2.16. The zero-order valence-corrected chi connectivity index (χ0v) is 31.9. The summed E-state index contributed by atoms with van der Waals surface area (Å²) in [5.74, 6) is 1.59. The van der Waals surface area contributed by atoms with Crippen LogP contribution in [0.4, 0.5) is 0 Å². The van der Waals surface area contributed by atoms with Crippen LogP contribution in [-0.2, 0) is 0 Å². The van der Waals surface area contributed by atoms with Gasteiger partial charge in [-0.1, -0.05) is 140 Å². The predicted molar refractivity (Wildman–Crippen MR) is 239 cm³/mol. The van der Waals surface area contributed by atoms with Crippen molar-refractivity contribution in [1.29, 1.82) is 5.26 Å². The number of nitrogens with zero attached hydrogens (tertiary/aromatic N) is 5. The molecule has 8 aromatic carbocycles. The number of thiophene rings is 1. The van der Waals surface area contributed by atoms with Gasteiger partial charge in [-0.3, -0.25) is 0 Å². The number of aromatic nitrogens is 4. The number of hydrogen-bond donors (Lipinski definition) is 0. The Labute approximate surface area is 338 Å². The van der Waals surface area contributed by atoms with Crippen molar-refractivity contribution in [1.82, 2.24) is 19.5 Å². The van der Waals surface area contributed by atoms with E-state index in [0.717, 1.165) is 55.7 Å². The van der Waals surface area contributed by atoms with Gasteiger partial charge in [0.2, 0.25) is 0 Å². The van der Waals surface area contributed by atoms with E-state index >= 15 is 0 Å². The molecular formula is C52H31N5S. The first-order valence-corrected chi connectivity index (χ1v) is 20.0. The Kier molecular flexibility index (Phi) is 7.99. The molecule has 0 spiro atoms. The Morgan fingerprint density at radius 3 is 1.71 bits per heavy atom. The first-order chi connectivity index (χ1) is 28.7. The number of fused-ring (bicyclic) bond motifs is 6. The third-order valence-corrected chi connectivity index (χ3v) is 12.0. The van der Waals surface area contributed by atoms with Crippen LogP contribution in [0.5, 0.6) is 0 Å². The molecule has 0 N–H and O–H groups in total. The van der Waals surface area contributed by atoms with E-state index in [9.17, 15) is 5.26 Å². The van der Waals surface area contributed by atoms with Crippen molar-refractivity contribution in [3.05, 3.63) is 194 Å². The van der Waals surface area contributed by atoms with Crippen LogP contribution in [0.25, 0.3) is 104 Å². The largest absolute Gasteiger partial charge is 0.308 e. The van der Waals surface area contributed by atoms with E-state index in [0.29, 0.717) is 23.0 Å². The van der Waals surface area contributed by atoms with Gasteiger partial charge >= 0.3 is 0 Å². The molecule has 58 heavy (non-hydrogen) atoms. The minimum absolute atomic E-state index is 0.497. The van der Waals surface area contributed by atoms with Gasteiger partial charge in [-0.2, -0.15) is 5.26 Å². The molecule has 0 saturated heterocycles. The SMILES string of the molecule is N#Cc1cccc(-c2nc(-c3ccc(-c4ccc5c(c4)sc4ccccc45)cc3)nc(-c3ccc(-c4ccccc4)cc3-n3c4ccccc4c4ccccc43)n2)c1. The number of hydrogen-bond acceptors (Lipinski definition) is 5. The maximum atomic E-state index is 9.82. The van der Waals surface area contributed by atoms with Gasteiger partial charge < -0.3 is 4.57 Å². The highest BCUT2D eigenvalue weighted by atomic mass is 32.1. The van der Waals surface area contributed by atoms with Crippen LogP contribution in [0, 0.1) is 11.3 Å². The van der Waals surface area contributed by atoms with Gasteiger partial charge in [-0.05, 0) is 70.8 Å². The molecule has 0 aliphatic carbocycles. The first-order valence-electron chi connectivity index (χ1n) is 19.2. The maximum absolute atomic E-state index is 9.82. The van der Waals surface area contributed by atoms with Crippen molar-refractivity contribution >= 4 is 53.3 Å². The van der Waals surface area contributed by atoms with E-state index < -0.39 is 0 Å². The van der Waals surface area contributed by atoms with E-state index in [1.165, 1.54) is 30.9 Å². The van der Waals surface area contributed by atoms with Crippen LogP contribution in [-0.4, -0.2) is 19.5 Å². The molecule has 0 saturated carbocycles. The fraction of sp³-hybridized carbons (Fsp3) is 0. The fourth-order valence-electron chi connectivity index (χ4n) is 8.10. The molecule has 3 aromatic heterocycles. The van der Waals surface area contributed by atoms with Crippen molar-refractivity contribution in [3.8, 4) is 68.2 Å². The molecule has 0 atom stereocenters. The quantitative estimate of drug-likeness (QED) is 0.169. The van der Waals surface area contributed by atoms with Crippen LogP contribution in [0.1, 0.15) is 5.56 Å². The normalized spacial score (nSPS) is 11.4. The molecule has 0 unspecified atom stereocenters. The van der Waals surface area contributed by atoms with Gasteiger partial charge in [-0.15, -0.1) is 11.3 Å².